The third-order valence-corrected chi connectivity index (χ3v) is 5.44. The average Bonchev–Trinajstić information content (AvgIpc) is 2.80. The molecule has 2 amide bonds. The summed E-state index contributed by atoms with van der Waals surface area (Å²) in [7, 11) is 0. The van der Waals surface area contributed by atoms with Crippen LogP contribution in [0.4, 0.5) is 0 Å². The van der Waals surface area contributed by atoms with Gasteiger partial charge in [-0.15, -0.1) is 0 Å². The monoisotopic (exact) mass is 434 g/mol. The van der Waals surface area contributed by atoms with Crippen LogP contribution in [0.2, 0.25) is 5.02 Å². The molecule has 1 N–H and O–H groups in total. The second-order valence-electron chi connectivity index (χ2n) is 7.51. The Balaban J connectivity index is 1.67. The zero-order chi connectivity index (χ0) is 22.1. The van der Waals surface area contributed by atoms with Crippen LogP contribution in [0.3, 0.4) is 0 Å². The lowest BCUT2D eigenvalue weighted by Crippen LogP contribution is -2.48. The highest BCUT2D eigenvalue weighted by atomic mass is 35.5. The number of amides is 2. The highest BCUT2D eigenvalue weighted by Crippen LogP contribution is 2.14. The molecule has 5 heteroatoms. The van der Waals surface area contributed by atoms with E-state index in [0.29, 0.717) is 18.1 Å². The van der Waals surface area contributed by atoms with Crippen molar-refractivity contribution >= 4 is 23.4 Å². The molecule has 0 radical (unpaired) electrons. The summed E-state index contributed by atoms with van der Waals surface area (Å²) in [5.74, 6) is -0.256. The van der Waals surface area contributed by atoms with Crippen molar-refractivity contribution in [3.63, 3.8) is 0 Å². The molecule has 3 aromatic carbocycles. The van der Waals surface area contributed by atoms with Gasteiger partial charge in [-0.1, -0.05) is 84.4 Å². The SMILES string of the molecule is CC(C(=O)NCCc1ccccc1)N(Cc1ccccc1)C(=O)Cc1ccc(Cl)cc1. The number of hydrogen-bond acceptors (Lipinski definition) is 2. The Labute approximate surface area is 188 Å². The fourth-order valence-corrected chi connectivity index (χ4v) is 3.49. The van der Waals surface area contributed by atoms with E-state index in [9.17, 15) is 9.59 Å². The first-order valence-corrected chi connectivity index (χ1v) is 10.8. The number of nitrogens with zero attached hydrogens (tertiary/aromatic N) is 1. The topological polar surface area (TPSA) is 49.4 Å². The van der Waals surface area contributed by atoms with Crippen molar-refractivity contribution < 1.29 is 9.59 Å². The van der Waals surface area contributed by atoms with Gasteiger partial charge in [-0.2, -0.15) is 0 Å². The van der Waals surface area contributed by atoms with Gasteiger partial charge in [-0.05, 0) is 42.2 Å². The fourth-order valence-electron chi connectivity index (χ4n) is 3.36. The van der Waals surface area contributed by atoms with Gasteiger partial charge in [0.15, 0.2) is 0 Å². The molecule has 0 aliphatic heterocycles. The van der Waals surface area contributed by atoms with Crippen molar-refractivity contribution in [2.45, 2.75) is 32.4 Å². The van der Waals surface area contributed by atoms with Gasteiger partial charge in [0, 0.05) is 18.1 Å². The molecule has 1 unspecified atom stereocenters. The summed E-state index contributed by atoms with van der Waals surface area (Å²) < 4.78 is 0. The van der Waals surface area contributed by atoms with Crippen LogP contribution in [-0.2, 0) is 29.0 Å². The van der Waals surface area contributed by atoms with E-state index in [0.717, 1.165) is 23.1 Å². The van der Waals surface area contributed by atoms with Gasteiger partial charge < -0.3 is 10.2 Å². The normalized spacial score (nSPS) is 11.5. The molecule has 0 spiro atoms. The molecular formula is C26H27ClN2O2. The predicted octanol–water partition coefficient (Wildman–Crippen LogP) is 4.66. The zero-order valence-electron chi connectivity index (χ0n) is 17.6. The molecule has 0 aliphatic carbocycles. The predicted molar refractivity (Wildman–Crippen MR) is 125 cm³/mol. The van der Waals surface area contributed by atoms with E-state index in [1.54, 1.807) is 24.0 Å². The van der Waals surface area contributed by atoms with Gasteiger partial charge >= 0.3 is 0 Å². The molecule has 3 rings (SSSR count). The first-order chi connectivity index (χ1) is 15.0. The molecule has 160 valence electrons. The first-order valence-electron chi connectivity index (χ1n) is 10.4. The highest BCUT2D eigenvalue weighted by molar-refractivity contribution is 6.30. The Hall–Kier alpha value is -3.11. The number of rotatable bonds is 9. The number of hydrogen-bond donors (Lipinski definition) is 1. The minimum absolute atomic E-state index is 0.100. The van der Waals surface area contributed by atoms with Crippen LogP contribution in [0.25, 0.3) is 0 Å². The third kappa shape index (κ3) is 6.97. The van der Waals surface area contributed by atoms with E-state index in [2.05, 4.69) is 5.32 Å². The summed E-state index contributed by atoms with van der Waals surface area (Å²) in [4.78, 5) is 27.6. The summed E-state index contributed by atoms with van der Waals surface area (Å²) in [6.07, 6.45) is 0.961. The summed E-state index contributed by atoms with van der Waals surface area (Å²) >= 11 is 5.95. The smallest absolute Gasteiger partial charge is 0.242 e. The van der Waals surface area contributed by atoms with E-state index >= 15 is 0 Å². The molecule has 4 nitrogen and oxygen atoms in total. The third-order valence-electron chi connectivity index (χ3n) is 5.19. The maximum Gasteiger partial charge on any atom is 0.242 e. The van der Waals surface area contributed by atoms with E-state index in [-0.39, 0.29) is 18.2 Å². The van der Waals surface area contributed by atoms with Crippen LogP contribution in [0, 0.1) is 0 Å². The molecule has 0 aromatic heterocycles. The van der Waals surface area contributed by atoms with Crippen molar-refractivity contribution in [2.24, 2.45) is 0 Å². The molecule has 1 atom stereocenters. The molecule has 0 aliphatic rings. The first kappa shape index (κ1) is 22.6. The number of carbonyl (C=O) groups is 2. The fraction of sp³-hybridized carbons (Fsp3) is 0.231. The largest absolute Gasteiger partial charge is 0.354 e. The maximum absolute atomic E-state index is 13.2. The number of nitrogens with one attached hydrogen (secondary N) is 1. The van der Waals surface area contributed by atoms with Crippen LogP contribution < -0.4 is 5.32 Å². The number of benzene rings is 3. The van der Waals surface area contributed by atoms with E-state index < -0.39 is 6.04 Å². The van der Waals surface area contributed by atoms with Crippen molar-refractivity contribution in [1.82, 2.24) is 10.2 Å². The molecule has 0 fully saturated rings. The van der Waals surface area contributed by atoms with Crippen molar-refractivity contribution in [3.8, 4) is 0 Å². The second kappa shape index (κ2) is 11.3. The minimum atomic E-state index is -0.587. The Morgan fingerprint density at radius 2 is 1.42 bits per heavy atom. The van der Waals surface area contributed by atoms with Crippen LogP contribution >= 0.6 is 11.6 Å². The second-order valence-corrected chi connectivity index (χ2v) is 7.95. The molecule has 0 saturated heterocycles. The standard InChI is InChI=1S/C26H27ClN2O2/c1-20(26(31)28-17-16-21-8-4-2-5-9-21)29(19-23-10-6-3-7-11-23)25(30)18-22-12-14-24(27)15-13-22/h2-15,20H,16-19H2,1H3,(H,28,31). The van der Waals surface area contributed by atoms with Gasteiger partial charge in [-0.25, -0.2) is 0 Å². The molecule has 31 heavy (non-hydrogen) atoms. The van der Waals surface area contributed by atoms with Crippen LogP contribution in [-0.4, -0.2) is 29.3 Å². The van der Waals surface area contributed by atoms with Crippen LogP contribution in [0.1, 0.15) is 23.6 Å². The number of carbonyl (C=O) groups excluding carboxylic acids is 2. The zero-order valence-corrected chi connectivity index (χ0v) is 18.4. The summed E-state index contributed by atoms with van der Waals surface area (Å²) in [5, 5.41) is 3.60. The Morgan fingerprint density at radius 3 is 2.03 bits per heavy atom. The van der Waals surface area contributed by atoms with E-state index in [1.807, 2.05) is 72.8 Å². The van der Waals surface area contributed by atoms with Gasteiger partial charge in [0.25, 0.3) is 0 Å². The Bertz CT molecular complexity index is 975. The van der Waals surface area contributed by atoms with Gasteiger partial charge in [0.2, 0.25) is 11.8 Å². The summed E-state index contributed by atoms with van der Waals surface area (Å²) in [5.41, 5.74) is 3.01. The summed E-state index contributed by atoms with van der Waals surface area (Å²) in [6.45, 7) is 2.68. The Morgan fingerprint density at radius 1 is 0.839 bits per heavy atom. The lowest BCUT2D eigenvalue weighted by Gasteiger charge is -2.29. The molecule has 3 aromatic rings. The molecular weight excluding hydrogens is 408 g/mol. The van der Waals surface area contributed by atoms with Crippen molar-refractivity contribution in [3.05, 3.63) is 107 Å². The van der Waals surface area contributed by atoms with Gasteiger partial charge in [-0.3, -0.25) is 9.59 Å². The summed E-state index contributed by atoms with van der Waals surface area (Å²) in [6, 6.07) is 26.4. The van der Waals surface area contributed by atoms with E-state index in [4.69, 9.17) is 11.6 Å². The van der Waals surface area contributed by atoms with Gasteiger partial charge in [0.1, 0.15) is 6.04 Å². The average molecular weight is 435 g/mol. The van der Waals surface area contributed by atoms with Gasteiger partial charge in [0.05, 0.1) is 6.42 Å². The Kier molecular flexibility index (Phi) is 8.25. The lowest BCUT2D eigenvalue weighted by molar-refractivity contribution is -0.140. The van der Waals surface area contributed by atoms with Crippen molar-refractivity contribution in [2.75, 3.05) is 6.54 Å². The van der Waals surface area contributed by atoms with Crippen molar-refractivity contribution in [1.29, 1.82) is 0 Å². The number of halogens is 1. The lowest BCUT2D eigenvalue weighted by atomic mass is 10.1. The highest BCUT2D eigenvalue weighted by Gasteiger charge is 2.26. The maximum atomic E-state index is 13.2. The van der Waals surface area contributed by atoms with Crippen LogP contribution in [0.5, 0.6) is 0 Å². The molecule has 0 heterocycles. The molecule has 0 bridgehead atoms. The van der Waals surface area contributed by atoms with Crippen LogP contribution in [0.15, 0.2) is 84.9 Å². The molecule has 0 saturated carbocycles. The quantitative estimate of drug-likeness (QED) is 0.532. The van der Waals surface area contributed by atoms with E-state index in [1.165, 1.54) is 0 Å². The minimum Gasteiger partial charge on any atom is -0.354 e.